The lowest BCUT2D eigenvalue weighted by molar-refractivity contribution is 0.243. The SMILES string of the molecule is C[C@H](/C=C/[Si](C)(C)c1ccccc1)O[Si](C)(C)C(C)(C)C. The molecule has 118 valence electrons. The van der Waals surface area contributed by atoms with Gasteiger partial charge in [0.05, 0.1) is 6.10 Å². The van der Waals surface area contributed by atoms with E-state index in [0.29, 0.717) is 0 Å². The molecule has 1 atom stereocenters. The van der Waals surface area contributed by atoms with Gasteiger partial charge in [-0.2, -0.15) is 0 Å². The Hall–Kier alpha value is -0.646. The van der Waals surface area contributed by atoms with Crippen LogP contribution in [-0.4, -0.2) is 22.5 Å². The van der Waals surface area contributed by atoms with Crippen LogP contribution < -0.4 is 5.19 Å². The van der Waals surface area contributed by atoms with E-state index in [1.54, 1.807) is 0 Å². The lowest BCUT2D eigenvalue weighted by atomic mass is 10.2. The average Bonchev–Trinajstić information content (AvgIpc) is 2.36. The van der Waals surface area contributed by atoms with Gasteiger partial charge in [-0.05, 0) is 25.1 Å². The lowest BCUT2D eigenvalue weighted by Gasteiger charge is -2.38. The molecule has 0 amide bonds. The molecule has 1 rings (SSSR count). The zero-order valence-electron chi connectivity index (χ0n) is 15.0. The van der Waals surface area contributed by atoms with Crippen molar-refractivity contribution in [2.75, 3.05) is 0 Å². The molecular weight excluding hydrogens is 288 g/mol. The van der Waals surface area contributed by atoms with Gasteiger partial charge in [-0.25, -0.2) is 0 Å². The fourth-order valence-corrected chi connectivity index (χ4v) is 5.38. The van der Waals surface area contributed by atoms with Crippen LogP contribution in [0, 0.1) is 0 Å². The summed E-state index contributed by atoms with van der Waals surface area (Å²) < 4.78 is 6.41. The van der Waals surface area contributed by atoms with Crippen LogP contribution >= 0.6 is 0 Å². The van der Waals surface area contributed by atoms with Crippen molar-refractivity contribution in [1.82, 2.24) is 0 Å². The summed E-state index contributed by atoms with van der Waals surface area (Å²) in [5, 5.41) is 1.74. The van der Waals surface area contributed by atoms with Crippen molar-refractivity contribution in [1.29, 1.82) is 0 Å². The largest absolute Gasteiger partial charge is 0.411 e. The topological polar surface area (TPSA) is 9.23 Å². The van der Waals surface area contributed by atoms with Crippen LogP contribution in [-0.2, 0) is 4.43 Å². The Morgan fingerprint density at radius 1 is 1.00 bits per heavy atom. The summed E-state index contributed by atoms with van der Waals surface area (Å²) in [4.78, 5) is 0. The summed E-state index contributed by atoms with van der Waals surface area (Å²) in [6.07, 6.45) is 2.47. The highest BCUT2D eigenvalue weighted by atomic mass is 28.4. The third-order valence-electron chi connectivity index (χ3n) is 4.59. The fraction of sp³-hybridized carbons (Fsp3) is 0.556. The van der Waals surface area contributed by atoms with E-state index in [1.807, 2.05) is 0 Å². The minimum Gasteiger partial charge on any atom is -0.411 e. The van der Waals surface area contributed by atoms with Gasteiger partial charge < -0.3 is 4.43 Å². The van der Waals surface area contributed by atoms with Crippen LogP contribution in [0.1, 0.15) is 27.7 Å². The molecule has 1 aromatic rings. The number of hydrogen-bond donors (Lipinski definition) is 0. The highest BCUT2D eigenvalue weighted by molar-refractivity contribution is 6.93. The Morgan fingerprint density at radius 2 is 1.52 bits per heavy atom. The third-order valence-corrected chi connectivity index (χ3v) is 12.0. The normalized spacial score (nSPS) is 15.4. The standard InChI is InChI=1S/C18H32OSi2/c1-16(19-21(7,8)18(2,3)4)14-15-20(5,6)17-12-10-9-11-13-17/h9-16H,1-8H3/b15-14+/t16-/m1/s1. The van der Waals surface area contributed by atoms with Crippen LogP contribution in [0.2, 0.25) is 31.2 Å². The van der Waals surface area contributed by atoms with Crippen molar-refractivity contribution >= 4 is 21.6 Å². The van der Waals surface area contributed by atoms with E-state index < -0.39 is 16.4 Å². The van der Waals surface area contributed by atoms with Gasteiger partial charge in [0.25, 0.3) is 0 Å². The van der Waals surface area contributed by atoms with Gasteiger partial charge in [0.2, 0.25) is 0 Å². The maximum Gasteiger partial charge on any atom is 0.192 e. The molecule has 0 saturated carbocycles. The predicted molar refractivity (Wildman–Crippen MR) is 100 cm³/mol. The van der Waals surface area contributed by atoms with Crippen LogP contribution in [0.4, 0.5) is 0 Å². The molecule has 0 unspecified atom stereocenters. The maximum absolute atomic E-state index is 6.41. The van der Waals surface area contributed by atoms with Crippen LogP contribution in [0.5, 0.6) is 0 Å². The van der Waals surface area contributed by atoms with E-state index in [-0.39, 0.29) is 11.1 Å². The van der Waals surface area contributed by atoms with E-state index >= 15 is 0 Å². The summed E-state index contributed by atoms with van der Waals surface area (Å²) in [5.41, 5.74) is 2.42. The highest BCUT2D eigenvalue weighted by Gasteiger charge is 2.38. The molecule has 3 heteroatoms. The van der Waals surface area contributed by atoms with Gasteiger partial charge >= 0.3 is 0 Å². The van der Waals surface area contributed by atoms with Gasteiger partial charge in [0.1, 0.15) is 8.07 Å². The summed E-state index contributed by atoms with van der Waals surface area (Å²) >= 11 is 0. The molecule has 0 spiro atoms. The molecule has 0 aliphatic carbocycles. The molecule has 0 aliphatic rings. The molecule has 0 N–H and O–H groups in total. The van der Waals surface area contributed by atoms with Crippen molar-refractivity contribution in [3.05, 3.63) is 42.1 Å². The number of rotatable bonds is 5. The molecule has 0 aromatic heterocycles. The molecular formula is C18H32OSi2. The van der Waals surface area contributed by atoms with E-state index in [0.717, 1.165) is 0 Å². The summed E-state index contributed by atoms with van der Waals surface area (Å²) in [6, 6.07) is 10.8. The zero-order valence-corrected chi connectivity index (χ0v) is 17.0. The molecule has 0 fully saturated rings. The minimum atomic E-state index is -1.68. The van der Waals surface area contributed by atoms with Crippen LogP contribution in [0.25, 0.3) is 0 Å². The highest BCUT2D eigenvalue weighted by Crippen LogP contribution is 2.37. The van der Waals surface area contributed by atoms with Crippen molar-refractivity contribution in [3.63, 3.8) is 0 Å². The van der Waals surface area contributed by atoms with Crippen molar-refractivity contribution in [2.24, 2.45) is 0 Å². The van der Waals surface area contributed by atoms with Gasteiger partial charge in [-0.15, -0.1) is 0 Å². The van der Waals surface area contributed by atoms with E-state index in [2.05, 4.69) is 96.0 Å². The Morgan fingerprint density at radius 3 is 2.00 bits per heavy atom. The molecule has 0 bridgehead atoms. The Balaban J connectivity index is 2.77. The molecule has 0 aliphatic heterocycles. The first kappa shape index (κ1) is 18.4. The Kier molecular flexibility index (Phi) is 5.81. The monoisotopic (exact) mass is 320 g/mol. The second-order valence-corrected chi connectivity index (χ2v) is 17.1. The molecule has 21 heavy (non-hydrogen) atoms. The Labute approximate surface area is 133 Å². The molecule has 1 aromatic carbocycles. The molecule has 0 saturated heterocycles. The van der Waals surface area contributed by atoms with Crippen molar-refractivity contribution in [3.8, 4) is 0 Å². The first-order valence-electron chi connectivity index (χ1n) is 7.88. The smallest absolute Gasteiger partial charge is 0.192 e. The van der Waals surface area contributed by atoms with E-state index in [4.69, 9.17) is 4.43 Å². The minimum absolute atomic E-state index is 0.196. The van der Waals surface area contributed by atoms with Gasteiger partial charge in [-0.1, -0.05) is 81.2 Å². The first-order valence-corrected chi connectivity index (χ1v) is 13.9. The maximum atomic E-state index is 6.41. The van der Waals surface area contributed by atoms with Crippen LogP contribution in [0.3, 0.4) is 0 Å². The summed E-state index contributed by atoms with van der Waals surface area (Å²) in [7, 11) is -3.19. The third kappa shape index (κ3) is 5.24. The Bertz CT molecular complexity index is 470. The first-order chi connectivity index (χ1) is 9.46. The second kappa shape index (κ2) is 6.63. The summed E-state index contributed by atoms with van der Waals surface area (Å²) in [6.45, 7) is 18.4. The fourth-order valence-electron chi connectivity index (χ4n) is 2.02. The average molecular weight is 321 g/mol. The van der Waals surface area contributed by atoms with E-state index in [1.165, 1.54) is 5.19 Å². The predicted octanol–water partition coefficient (Wildman–Crippen LogP) is 5.11. The molecule has 1 nitrogen and oxygen atoms in total. The lowest BCUT2D eigenvalue weighted by Crippen LogP contribution is -2.43. The summed E-state index contributed by atoms with van der Waals surface area (Å²) in [5.74, 6) is 0. The van der Waals surface area contributed by atoms with Crippen LogP contribution in [0.15, 0.2) is 42.1 Å². The second-order valence-electron chi connectivity index (χ2n) is 8.03. The van der Waals surface area contributed by atoms with Crippen molar-refractivity contribution < 1.29 is 4.43 Å². The van der Waals surface area contributed by atoms with Gasteiger partial charge in [-0.3, -0.25) is 0 Å². The molecule has 0 heterocycles. The zero-order chi connectivity index (χ0) is 16.3. The quantitative estimate of drug-likeness (QED) is 0.685. The van der Waals surface area contributed by atoms with E-state index in [9.17, 15) is 0 Å². The van der Waals surface area contributed by atoms with Gasteiger partial charge in [0.15, 0.2) is 8.32 Å². The number of hydrogen-bond acceptors (Lipinski definition) is 1. The van der Waals surface area contributed by atoms with Crippen molar-refractivity contribution in [2.45, 2.75) is 65.0 Å². The van der Waals surface area contributed by atoms with Gasteiger partial charge in [0, 0.05) is 0 Å². The molecule has 0 radical (unpaired) electrons. The number of benzene rings is 1.